The molecular formula is C22H23ClN2O4. The zero-order valence-electron chi connectivity index (χ0n) is 16.0. The summed E-state index contributed by atoms with van der Waals surface area (Å²) in [5, 5.41) is 22.2. The number of allylic oxidation sites excluding steroid dienone is 1. The minimum Gasteiger partial charge on any atom is -0.872 e. The molecule has 4 rings (SSSR count). The van der Waals surface area contributed by atoms with Crippen LogP contribution < -0.4 is 14.7 Å². The lowest BCUT2D eigenvalue weighted by Crippen LogP contribution is -3.13. The van der Waals surface area contributed by atoms with Gasteiger partial charge in [0.25, 0.3) is 0 Å². The number of piperazine rings is 1. The zero-order chi connectivity index (χ0) is 20.4. The number of carbonyl (C=O) groups is 1. The summed E-state index contributed by atoms with van der Waals surface area (Å²) >= 11 is 6.02. The van der Waals surface area contributed by atoms with Crippen LogP contribution in [0.3, 0.4) is 0 Å². The van der Waals surface area contributed by atoms with Gasteiger partial charge in [0.2, 0.25) is 5.78 Å². The fourth-order valence-corrected chi connectivity index (χ4v) is 4.06. The molecule has 152 valence electrons. The van der Waals surface area contributed by atoms with Gasteiger partial charge < -0.3 is 19.8 Å². The van der Waals surface area contributed by atoms with Crippen LogP contribution in [0.1, 0.15) is 21.5 Å². The second-order valence-electron chi connectivity index (χ2n) is 7.41. The van der Waals surface area contributed by atoms with Gasteiger partial charge in [0, 0.05) is 30.2 Å². The molecule has 0 bridgehead atoms. The summed E-state index contributed by atoms with van der Waals surface area (Å²) < 4.78 is 5.89. The minimum absolute atomic E-state index is 0.106. The number of nitrogens with one attached hydrogen (secondary N) is 1. The lowest BCUT2D eigenvalue weighted by atomic mass is 10.0. The predicted octanol–water partition coefficient (Wildman–Crippen LogP) is 0.723. The molecule has 29 heavy (non-hydrogen) atoms. The molecule has 0 aromatic heterocycles. The number of hydrogen-bond acceptors (Lipinski definition) is 5. The molecule has 7 heteroatoms. The van der Waals surface area contributed by atoms with Crippen molar-refractivity contribution < 1.29 is 24.6 Å². The second-order valence-corrected chi connectivity index (χ2v) is 7.84. The van der Waals surface area contributed by atoms with Crippen molar-refractivity contribution in [3.63, 3.8) is 0 Å². The van der Waals surface area contributed by atoms with Gasteiger partial charge in [-0.2, -0.15) is 0 Å². The van der Waals surface area contributed by atoms with E-state index in [-0.39, 0.29) is 23.9 Å². The molecule has 2 heterocycles. The standard InChI is InChI=1S/C22H23ClN2O4/c23-16-3-1-2-15(12-16)13-20-21(28)17-4-5-19(27)18(22(17)29-20)14-25-8-6-24(7-9-25)10-11-26/h1-5,12-13,26-27H,6-11,14H2/b20-13-. The number of nitrogens with zero attached hydrogens (tertiary/aromatic N) is 1. The van der Waals surface area contributed by atoms with Gasteiger partial charge in [-0.15, -0.1) is 0 Å². The number of aliphatic hydroxyl groups is 1. The third kappa shape index (κ3) is 4.31. The number of hydrogen-bond donors (Lipinski definition) is 2. The average Bonchev–Trinajstić information content (AvgIpc) is 3.01. The maximum atomic E-state index is 12.8. The topological polar surface area (TPSA) is 77.3 Å². The summed E-state index contributed by atoms with van der Waals surface area (Å²) in [5.41, 5.74) is 1.75. The van der Waals surface area contributed by atoms with Gasteiger partial charge >= 0.3 is 0 Å². The zero-order valence-corrected chi connectivity index (χ0v) is 16.7. The van der Waals surface area contributed by atoms with Crippen LogP contribution in [0.4, 0.5) is 0 Å². The Morgan fingerprint density at radius 2 is 2.03 bits per heavy atom. The number of ether oxygens (including phenoxy) is 1. The highest BCUT2D eigenvalue weighted by atomic mass is 35.5. The van der Waals surface area contributed by atoms with Crippen molar-refractivity contribution in [2.45, 2.75) is 6.54 Å². The maximum Gasteiger partial charge on any atom is 0.231 e. The number of carbonyl (C=O) groups excluding carboxylic acids is 1. The van der Waals surface area contributed by atoms with E-state index < -0.39 is 0 Å². The minimum atomic E-state index is -0.219. The number of Topliss-reactive ketones (excluding diaryl/α,β-unsaturated/α-hetero) is 1. The first-order chi connectivity index (χ1) is 14.0. The molecule has 2 aliphatic heterocycles. The Bertz CT molecular complexity index is 952. The number of benzene rings is 2. The molecular weight excluding hydrogens is 392 g/mol. The Labute approximate surface area is 174 Å². The highest BCUT2D eigenvalue weighted by Crippen LogP contribution is 2.38. The Balaban J connectivity index is 1.55. The molecule has 6 nitrogen and oxygen atoms in total. The molecule has 1 saturated heterocycles. The summed E-state index contributed by atoms with van der Waals surface area (Å²) in [6, 6.07) is 10.2. The average molecular weight is 415 g/mol. The lowest BCUT2D eigenvalue weighted by molar-refractivity contribution is -0.918. The second kappa shape index (κ2) is 8.55. The van der Waals surface area contributed by atoms with E-state index in [9.17, 15) is 9.90 Å². The predicted molar refractivity (Wildman–Crippen MR) is 108 cm³/mol. The van der Waals surface area contributed by atoms with E-state index in [4.69, 9.17) is 21.4 Å². The molecule has 2 aromatic rings. The summed E-state index contributed by atoms with van der Waals surface area (Å²) in [7, 11) is 0. The molecule has 0 spiro atoms. The van der Waals surface area contributed by atoms with Crippen molar-refractivity contribution in [1.82, 2.24) is 4.90 Å². The number of quaternary nitrogens is 1. The van der Waals surface area contributed by atoms with Crippen molar-refractivity contribution in [1.29, 1.82) is 0 Å². The summed E-state index contributed by atoms with van der Waals surface area (Å²) in [6.45, 7) is 4.86. The number of aliphatic hydroxyl groups excluding tert-OH is 1. The number of rotatable bonds is 5. The fourth-order valence-electron chi connectivity index (χ4n) is 3.87. The summed E-state index contributed by atoms with van der Waals surface area (Å²) in [5.74, 6) is 0.271. The molecule has 0 atom stereocenters. The number of fused-ring (bicyclic) bond motifs is 1. The molecule has 1 fully saturated rings. The number of ketones is 1. The molecule has 0 radical (unpaired) electrons. The van der Waals surface area contributed by atoms with E-state index in [1.807, 2.05) is 12.1 Å². The Morgan fingerprint density at radius 1 is 1.24 bits per heavy atom. The van der Waals surface area contributed by atoms with Crippen LogP contribution in [-0.4, -0.2) is 55.1 Å². The third-order valence-corrected chi connectivity index (χ3v) is 5.69. The molecule has 2 N–H and O–H groups in total. The van der Waals surface area contributed by atoms with Crippen LogP contribution in [0.2, 0.25) is 5.02 Å². The maximum absolute atomic E-state index is 12.8. The fraction of sp³-hybridized carbons (Fsp3) is 0.318. The highest BCUT2D eigenvalue weighted by Gasteiger charge is 2.31. The van der Waals surface area contributed by atoms with Crippen LogP contribution in [0.5, 0.6) is 11.5 Å². The van der Waals surface area contributed by atoms with Crippen molar-refractivity contribution in [3.05, 3.63) is 63.9 Å². The van der Waals surface area contributed by atoms with Crippen LogP contribution in [-0.2, 0) is 6.54 Å². The molecule has 0 saturated carbocycles. The summed E-state index contributed by atoms with van der Waals surface area (Å²) in [4.78, 5) is 16.3. The summed E-state index contributed by atoms with van der Waals surface area (Å²) in [6.07, 6.45) is 1.66. The van der Waals surface area contributed by atoms with Gasteiger partial charge in [0.15, 0.2) is 5.76 Å². The van der Waals surface area contributed by atoms with E-state index in [2.05, 4.69) is 4.90 Å². The first-order valence-corrected chi connectivity index (χ1v) is 10.1. The van der Waals surface area contributed by atoms with E-state index in [0.717, 1.165) is 31.7 Å². The SMILES string of the molecule is O=C1/C(=C/c2cccc(Cl)c2)Oc2c1ccc([O-])c2C[NH+]1CCN(CCO)CC1. The van der Waals surface area contributed by atoms with Gasteiger partial charge in [-0.05, 0) is 29.8 Å². The Morgan fingerprint density at radius 3 is 2.76 bits per heavy atom. The van der Waals surface area contributed by atoms with Gasteiger partial charge in [0.1, 0.15) is 12.3 Å². The molecule has 0 amide bonds. The first-order valence-electron chi connectivity index (χ1n) is 9.74. The van der Waals surface area contributed by atoms with E-state index in [1.54, 1.807) is 24.3 Å². The monoisotopic (exact) mass is 414 g/mol. The first kappa shape index (κ1) is 19.9. The number of halogens is 1. The molecule has 2 aliphatic rings. The van der Waals surface area contributed by atoms with Gasteiger partial charge in [-0.1, -0.05) is 35.5 Å². The van der Waals surface area contributed by atoms with E-state index in [1.165, 1.54) is 11.0 Å². The van der Waals surface area contributed by atoms with Gasteiger partial charge in [-0.25, -0.2) is 0 Å². The number of β-amino-alcohol motifs (C(OH)–C–C–N with tert-alkyl or cyclic N) is 1. The van der Waals surface area contributed by atoms with Crippen molar-refractivity contribution >= 4 is 23.5 Å². The van der Waals surface area contributed by atoms with Crippen molar-refractivity contribution in [2.75, 3.05) is 39.3 Å². The molecule has 2 aromatic carbocycles. The Kier molecular flexibility index (Phi) is 5.87. The van der Waals surface area contributed by atoms with Crippen LogP contribution in [0.25, 0.3) is 6.08 Å². The Hall–Kier alpha value is -2.38. The molecule has 0 aliphatic carbocycles. The normalized spacial score (nSPS) is 18.8. The van der Waals surface area contributed by atoms with E-state index in [0.29, 0.717) is 35.0 Å². The van der Waals surface area contributed by atoms with E-state index >= 15 is 0 Å². The lowest BCUT2D eigenvalue weighted by Gasteiger charge is -2.32. The van der Waals surface area contributed by atoms with Crippen LogP contribution in [0.15, 0.2) is 42.2 Å². The quantitative estimate of drug-likeness (QED) is 0.705. The van der Waals surface area contributed by atoms with Crippen molar-refractivity contribution in [3.8, 4) is 11.5 Å². The van der Waals surface area contributed by atoms with Gasteiger partial charge in [-0.3, -0.25) is 9.69 Å². The third-order valence-electron chi connectivity index (χ3n) is 5.45. The van der Waals surface area contributed by atoms with Crippen LogP contribution >= 0.6 is 11.6 Å². The smallest absolute Gasteiger partial charge is 0.231 e. The van der Waals surface area contributed by atoms with Crippen LogP contribution in [0, 0.1) is 0 Å². The molecule has 0 unspecified atom stereocenters. The highest BCUT2D eigenvalue weighted by molar-refractivity contribution is 6.30. The largest absolute Gasteiger partial charge is 0.872 e. The van der Waals surface area contributed by atoms with Crippen molar-refractivity contribution in [2.24, 2.45) is 0 Å². The van der Waals surface area contributed by atoms with Gasteiger partial charge in [0.05, 0.1) is 25.3 Å².